The van der Waals surface area contributed by atoms with Gasteiger partial charge in [0.2, 0.25) is 11.8 Å². The van der Waals surface area contributed by atoms with Gasteiger partial charge in [-0.1, -0.05) is 29.8 Å². The van der Waals surface area contributed by atoms with Crippen LogP contribution < -0.4 is 15.0 Å². The molecule has 2 aromatic carbocycles. The Bertz CT molecular complexity index is 887. The van der Waals surface area contributed by atoms with Crippen LogP contribution in [-0.4, -0.2) is 25.5 Å². The van der Waals surface area contributed by atoms with Gasteiger partial charge in [0.1, 0.15) is 5.75 Å². The van der Waals surface area contributed by atoms with Crippen molar-refractivity contribution in [2.75, 3.05) is 18.6 Å². The largest absolute Gasteiger partial charge is 0.496 e. The standard InChI is InChI=1S/C23H26N2O3/c1-16-6-12-21(28-3)20(15-16)17(2)24-22(26)13-9-18-7-10-19(11-8-18)25-14-4-5-23(25)27/h6-13,15,17H,4-5,14H2,1-3H3,(H,24,26)/b13-9+. The van der Waals surface area contributed by atoms with Gasteiger partial charge in [0.25, 0.3) is 0 Å². The van der Waals surface area contributed by atoms with E-state index in [-0.39, 0.29) is 17.9 Å². The van der Waals surface area contributed by atoms with Gasteiger partial charge in [-0.3, -0.25) is 9.59 Å². The van der Waals surface area contributed by atoms with E-state index in [1.807, 2.05) is 56.3 Å². The highest BCUT2D eigenvalue weighted by Crippen LogP contribution is 2.26. The number of hydrogen-bond acceptors (Lipinski definition) is 3. The second-order valence-corrected chi connectivity index (χ2v) is 7.05. The quantitative estimate of drug-likeness (QED) is 0.773. The van der Waals surface area contributed by atoms with Crippen molar-refractivity contribution < 1.29 is 14.3 Å². The SMILES string of the molecule is COc1ccc(C)cc1C(C)NC(=O)/C=C/c1ccc(N2CCCC2=O)cc1. The number of nitrogens with zero attached hydrogens (tertiary/aromatic N) is 1. The lowest BCUT2D eigenvalue weighted by atomic mass is 10.0. The number of amides is 2. The maximum Gasteiger partial charge on any atom is 0.244 e. The first-order valence-electron chi connectivity index (χ1n) is 9.51. The molecule has 28 heavy (non-hydrogen) atoms. The molecule has 2 aromatic rings. The number of anilines is 1. The Morgan fingerprint density at radius 1 is 1.21 bits per heavy atom. The fourth-order valence-electron chi connectivity index (χ4n) is 3.39. The molecule has 2 amide bonds. The van der Waals surface area contributed by atoms with Gasteiger partial charge in [-0.25, -0.2) is 0 Å². The van der Waals surface area contributed by atoms with Crippen LogP contribution in [0.15, 0.2) is 48.5 Å². The van der Waals surface area contributed by atoms with Crippen LogP contribution in [0, 0.1) is 6.92 Å². The molecule has 0 radical (unpaired) electrons. The molecule has 0 bridgehead atoms. The molecule has 1 unspecified atom stereocenters. The molecule has 5 nitrogen and oxygen atoms in total. The number of aryl methyl sites for hydroxylation is 1. The molecule has 1 saturated heterocycles. The fraction of sp³-hybridized carbons (Fsp3) is 0.304. The minimum Gasteiger partial charge on any atom is -0.496 e. The third kappa shape index (κ3) is 4.60. The Hall–Kier alpha value is -3.08. The van der Waals surface area contributed by atoms with E-state index in [2.05, 4.69) is 5.32 Å². The van der Waals surface area contributed by atoms with Crippen molar-refractivity contribution in [1.29, 1.82) is 0 Å². The summed E-state index contributed by atoms with van der Waals surface area (Å²) in [4.78, 5) is 25.9. The van der Waals surface area contributed by atoms with Crippen molar-refractivity contribution in [1.82, 2.24) is 5.32 Å². The zero-order valence-corrected chi connectivity index (χ0v) is 16.6. The summed E-state index contributed by atoms with van der Waals surface area (Å²) < 4.78 is 5.40. The van der Waals surface area contributed by atoms with Gasteiger partial charge in [0, 0.05) is 30.3 Å². The monoisotopic (exact) mass is 378 g/mol. The summed E-state index contributed by atoms with van der Waals surface area (Å²) in [6.45, 7) is 4.72. The Morgan fingerprint density at radius 3 is 2.61 bits per heavy atom. The minimum atomic E-state index is -0.171. The first-order chi connectivity index (χ1) is 13.5. The van der Waals surface area contributed by atoms with Gasteiger partial charge < -0.3 is 15.0 Å². The Morgan fingerprint density at radius 2 is 1.96 bits per heavy atom. The molecule has 3 rings (SSSR count). The van der Waals surface area contributed by atoms with Gasteiger partial charge in [-0.05, 0) is 50.1 Å². The zero-order chi connectivity index (χ0) is 20.1. The van der Waals surface area contributed by atoms with Crippen molar-refractivity contribution >= 4 is 23.6 Å². The lowest BCUT2D eigenvalue weighted by Crippen LogP contribution is -2.25. The number of rotatable bonds is 6. The number of hydrogen-bond donors (Lipinski definition) is 1. The lowest BCUT2D eigenvalue weighted by molar-refractivity contribution is -0.117. The smallest absolute Gasteiger partial charge is 0.244 e. The van der Waals surface area contributed by atoms with Crippen molar-refractivity contribution in [2.24, 2.45) is 0 Å². The van der Waals surface area contributed by atoms with Crippen molar-refractivity contribution in [3.63, 3.8) is 0 Å². The summed E-state index contributed by atoms with van der Waals surface area (Å²) in [5.41, 5.74) is 3.88. The summed E-state index contributed by atoms with van der Waals surface area (Å²) in [6.07, 6.45) is 4.82. The van der Waals surface area contributed by atoms with Gasteiger partial charge in [0.05, 0.1) is 13.2 Å². The van der Waals surface area contributed by atoms with Crippen LogP contribution in [0.1, 0.15) is 42.5 Å². The van der Waals surface area contributed by atoms with Gasteiger partial charge in [-0.2, -0.15) is 0 Å². The highest BCUT2D eigenvalue weighted by molar-refractivity contribution is 5.95. The Kier molecular flexibility index (Phi) is 6.14. The van der Waals surface area contributed by atoms with E-state index in [0.717, 1.165) is 41.1 Å². The number of carbonyl (C=O) groups excluding carboxylic acids is 2. The van der Waals surface area contributed by atoms with Gasteiger partial charge >= 0.3 is 0 Å². The van der Waals surface area contributed by atoms with Crippen LogP contribution in [0.3, 0.4) is 0 Å². The maximum atomic E-state index is 12.3. The molecular formula is C23H26N2O3. The lowest BCUT2D eigenvalue weighted by Gasteiger charge is -2.17. The van der Waals surface area contributed by atoms with Crippen molar-refractivity contribution in [2.45, 2.75) is 32.7 Å². The van der Waals surface area contributed by atoms with Gasteiger partial charge in [0.15, 0.2) is 0 Å². The summed E-state index contributed by atoms with van der Waals surface area (Å²) >= 11 is 0. The van der Waals surface area contributed by atoms with Crippen LogP contribution in [0.4, 0.5) is 5.69 Å². The van der Waals surface area contributed by atoms with Crippen LogP contribution in [0.25, 0.3) is 6.08 Å². The van der Waals surface area contributed by atoms with Crippen molar-refractivity contribution in [3.05, 3.63) is 65.2 Å². The first-order valence-corrected chi connectivity index (χ1v) is 9.51. The zero-order valence-electron chi connectivity index (χ0n) is 16.6. The average molecular weight is 378 g/mol. The summed E-state index contributed by atoms with van der Waals surface area (Å²) in [7, 11) is 1.63. The van der Waals surface area contributed by atoms with Crippen LogP contribution in [0.5, 0.6) is 5.75 Å². The molecule has 1 fully saturated rings. The number of carbonyl (C=O) groups is 2. The molecule has 1 atom stereocenters. The van der Waals surface area contributed by atoms with E-state index < -0.39 is 0 Å². The summed E-state index contributed by atoms with van der Waals surface area (Å²) in [5.74, 6) is 0.757. The van der Waals surface area contributed by atoms with E-state index in [1.54, 1.807) is 18.1 Å². The number of ether oxygens (including phenoxy) is 1. The van der Waals surface area contributed by atoms with Crippen molar-refractivity contribution in [3.8, 4) is 5.75 Å². The molecule has 0 spiro atoms. The number of benzene rings is 2. The van der Waals surface area contributed by atoms with Crippen LogP contribution in [0.2, 0.25) is 0 Å². The third-order valence-corrected chi connectivity index (χ3v) is 4.92. The Balaban J connectivity index is 1.62. The van der Waals surface area contributed by atoms with E-state index in [0.29, 0.717) is 6.42 Å². The fourth-order valence-corrected chi connectivity index (χ4v) is 3.39. The van der Waals surface area contributed by atoms with Crippen LogP contribution in [-0.2, 0) is 9.59 Å². The van der Waals surface area contributed by atoms with E-state index in [4.69, 9.17) is 4.74 Å². The predicted octanol–water partition coefficient (Wildman–Crippen LogP) is 4.02. The molecule has 1 heterocycles. The molecule has 1 aliphatic heterocycles. The summed E-state index contributed by atoms with van der Waals surface area (Å²) in [5, 5.41) is 2.97. The second-order valence-electron chi connectivity index (χ2n) is 7.05. The molecular weight excluding hydrogens is 352 g/mol. The summed E-state index contributed by atoms with van der Waals surface area (Å²) in [6, 6.07) is 13.4. The minimum absolute atomic E-state index is 0.170. The van der Waals surface area contributed by atoms with E-state index in [1.165, 1.54) is 6.08 Å². The van der Waals surface area contributed by atoms with Gasteiger partial charge in [-0.15, -0.1) is 0 Å². The predicted molar refractivity (Wildman–Crippen MR) is 111 cm³/mol. The average Bonchev–Trinajstić information content (AvgIpc) is 3.12. The molecule has 0 aromatic heterocycles. The highest BCUT2D eigenvalue weighted by atomic mass is 16.5. The number of methoxy groups -OCH3 is 1. The highest BCUT2D eigenvalue weighted by Gasteiger charge is 2.21. The number of nitrogens with one attached hydrogen (secondary N) is 1. The molecule has 0 saturated carbocycles. The molecule has 1 aliphatic rings. The second kappa shape index (κ2) is 8.74. The molecule has 1 N–H and O–H groups in total. The molecule has 5 heteroatoms. The topological polar surface area (TPSA) is 58.6 Å². The Labute approximate surface area is 166 Å². The normalized spacial score (nSPS) is 15.1. The molecule has 0 aliphatic carbocycles. The first kappa shape index (κ1) is 19.7. The maximum absolute atomic E-state index is 12.3. The van der Waals surface area contributed by atoms with Crippen LogP contribution >= 0.6 is 0 Å². The van der Waals surface area contributed by atoms with E-state index >= 15 is 0 Å². The third-order valence-electron chi connectivity index (χ3n) is 4.92. The molecule has 146 valence electrons. The van der Waals surface area contributed by atoms with E-state index in [9.17, 15) is 9.59 Å².